The van der Waals surface area contributed by atoms with E-state index in [0.717, 1.165) is 23.0 Å². The molecule has 1 unspecified atom stereocenters. The zero-order chi connectivity index (χ0) is 12.5. The molecule has 0 saturated carbocycles. The van der Waals surface area contributed by atoms with Crippen LogP contribution in [0.4, 0.5) is 0 Å². The van der Waals surface area contributed by atoms with E-state index in [4.69, 9.17) is 0 Å². The maximum absolute atomic E-state index is 11.5. The molecule has 2 heterocycles. The molecule has 0 spiro atoms. The van der Waals surface area contributed by atoms with Crippen molar-refractivity contribution >= 4 is 32.6 Å². The first kappa shape index (κ1) is 13.3. The van der Waals surface area contributed by atoms with Crippen LogP contribution < -0.4 is 0 Å². The number of piperidine rings is 1. The molecule has 2 rings (SSSR count). The van der Waals surface area contributed by atoms with Crippen LogP contribution in [0.2, 0.25) is 0 Å². The van der Waals surface area contributed by atoms with Crippen molar-refractivity contribution in [3.05, 3.63) is 16.0 Å². The molecule has 0 aromatic carbocycles. The molecule has 1 atom stereocenters. The fourth-order valence-corrected chi connectivity index (χ4v) is 3.57. The SMILES string of the molecule is CS(=O)(=O)N1CCCC(Cn2cc(I)cn2)C1. The summed E-state index contributed by atoms with van der Waals surface area (Å²) in [4.78, 5) is 0. The fourth-order valence-electron chi connectivity index (χ4n) is 2.18. The van der Waals surface area contributed by atoms with Crippen molar-refractivity contribution in [3.8, 4) is 0 Å². The molecule has 0 aliphatic carbocycles. The summed E-state index contributed by atoms with van der Waals surface area (Å²) in [7, 11) is -3.04. The van der Waals surface area contributed by atoms with Crippen LogP contribution in [0.5, 0.6) is 0 Å². The summed E-state index contributed by atoms with van der Waals surface area (Å²) in [5.41, 5.74) is 0. The van der Waals surface area contributed by atoms with E-state index < -0.39 is 10.0 Å². The molecule has 1 aromatic rings. The van der Waals surface area contributed by atoms with Gasteiger partial charge in [0.2, 0.25) is 10.0 Å². The van der Waals surface area contributed by atoms with Gasteiger partial charge in [-0.05, 0) is 41.4 Å². The minimum Gasteiger partial charge on any atom is -0.271 e. The highest BCUT2D eigenvalue weighted by Gasteiger charge is 2.26. The average molecular weight is 369 g/mol. The van der Waals surface area contributed by atoms with Crippen LogP contribution in [0.25, 0.3) is 0 Å². The van der Waals surface area contributed by atoms with Crippen LogP contribution in [0.15, 0.2) is 12.4 Å². The Morgan fingerprint density at radius 2 is 2.35 bits per heavy atom. The Labute approximate surface area is 115 Å². The van der Waals surface area contributed by atoms with E-state index >= 15 is 0 Å². The Kier molecular flexibility index (Phi) is 4.09. The predicted octanol–water partition coefficient (Wildman–Crippen LogP) is 1.16. The van der Waals surface area contributed by atoms with Crippen molar-refractivity contribution in [2.45, 2.75) is 19.4 Å². The molecular weight excluding hydrogens is 353 g/mol. The molecule has 1 aliphatic heterocycles. The van der Waals surface area contributed by atoms with E-state index in [1.54, 1.807) is 4.31 Å². The summed E-state index contributed by atoms with van der Waals surface area (Å²) < 4.78 is 27.6. The summed E-state index contributed by atoms with van der Waals surface area (Å²) >= 11 is 2.22. The first-order chi connectivity index (χ1) is 7.95. The molecule has 1 fully saturated rings. The lowest BCUT2D eigenvalue weighted by Crippen LogP contribution is -2.40. The minimum atomic E-state index is -3.04. The second kappa shape index (κ2) is 5.23. The lowest BCUT2D eigenvalue weighted by molar-refractivity contribution is 0.240. The highest BCUT2D eigenvalue weighted by Crippen LogP contribution is 2.20. The fraction of sp³-hybridized carbons (Fsp3) is 0.700. The Morgan fingerprint density at radius 3 is 2.94 bits per heavy atom. The second-order valence-corrected chi connectivity index (χ2v) is 7.74. The lowest BCUT2D eigenvalue weighted by atomic mass is 10.00. The van der Waals surface area contributed by atoms with Crippen molar-refractivity contribution in [2.75, 3.05) is 19.3 Å². The van der Waals surface area contributed by atoms with Gasteiger partial charge in [0, 0.05) is 25.8 Å². The van der Waals surface area contributed by atoms with Crippen molar-refractivity contribution in [2.24, 2.45) is 5.92 Å². The van der Waals surface area contributed by atoms with Gasteiger partial charge in [0.15, 0.2) is 0 Å². The maximum Gasteiger partial charge on any atom is 0.211 e. The largest absolute Gasteiger partial charge is 0.271 e. The number of rotatable bonds is 3. The lowest BCUT2D eigenvalue weighted by Gasteiger charge is -2.30. The number of hydrogen-bond donors (Lipinski definition) is 0. The van der Waals surface area contributed by atoms with E-state index in [9.17, 15) is 8.42 Å². The number of sulfonamides is 1. The van der Waals surface area contributed by atoms with Gasteiger partial charge in [-0.25, -0.2) is 12.7 Å². The summed E-state index contributed by atoms with van der Waals surface area (Å²) in [5, 5.41) is 4.24. The van der Waals surface area contributed by atoms with Gasteiger partial charge in [-0.15, -0.1) is 0 Å². The number of halogens is 1. The zero-order valence-electron chi connectivity index (χ0n) is 9.71. The molecule has 1 saturated heterocycles. The Morgan fingerprint density at radius 1 is 1.59 bits per heavy atom. The van der Waals surface area contributed by atoms with Crippen molar-refractivity contribution in [3.63, 3.8) is 0 Å². The predicted molar refractivity (Wildman–Crippen MR) is 74.1 cm³/mol. The Balaban J connectivity index is 1.98. The average Bonchev–Trinajstić information content (AvgIpc) is 2.63. The normalized spacial score (nSPS) is 22.8. The van der Waals surface area contributed by atoms with Gasteiger partial charge in [-0.3, -0.25) is 4.68 Å². The molecule has 0 radical (unpaired) electrons. The van der Waals surface area contributed by atoms with Gasteiger partial charge >= 0.3 is 0 Å². The van der Waals surface area contributed by atoms with Crippen molar-refractivity contribution in [1.82, 2.24) is 14.1 Å². The van der Waals surface area contributed by atoms with Crippen LogP contribution in [-0.2, 0) is 16.6 Å². The number of hydrogen-bond acceptors (Lipinski definition) is 3. The topological polar surface area (TPSA) is 55.2 Å². The van der Waals surface area contributed by atoms with Crippen LogP contribution in [0, 0.1) is 9.49 Å². The Bertz CT molecular complexity index is 485. The molecular formula is C10H16IN3O2S. The standard InChI is InChI=1S/C10H16IN3O2S/c1-17(15,16)14-4-2-3-9(7-14)6-13-8-10(11)5-12-13/h5,8-9H,2-4,6-7H2,1H3. The van der Waals surface area contributed by atoms with Crippen molar-refractivity contribution < 1.29 is 8.42 Å². The Hall–Kier alpha value is -0.150. The van der Waals surface area contributed by atoms with E-state index in [-0.39, 0.29) is 0 Å². The van der Waals surface area contributed by atoms with E-state index in [0.29, 0.717) is 19.0 Å². The zero-order valence-corrected chi connectivity index (χ0v) is 12.7. The highest BCUT2D eigenvalue weighted by atomic mass is 127. The van der Waals surface area contributed by atoms with Gasteiger partial charge in [-0.2, -0.15) is 5.10 Å². The van der Waals surface area contributed by atoms with Gasteiger partial charge in [0.25, 0.3) is 0 Å². The quantitative estimate of drug-likeness (QED) is 0.752. The van der Waals surface area contributed by atoms with Gasteiger partial charge in [0.1, 0.15) is 0 Å². The van der Waals surface area contributed by atoms with Crippen LogP contribution in [0.1, 0.15) is 12.8 Å². The van der Waals surface area contributed by atoms with Crippen LogP contribution in [-0.4, -0.2) is 41.8 Å². The van der Waals surface area contributed by atoms with Gasteiger partial charge in [0.05, 0.1) is 16.0 Å². The summed E-state index contributed by atoms with van der Waals surface area (Å²) in [6.07, 6.45) is 7.10. The maximum atomic E-state index is 11.5. The third-order valence-corrected chi connectivity index (χ3v) is 4.82. The molecule has 7 heteroatoms. The van der Waals surface area contributed by atoms with E-state index in [1.807, 2.05) is 17.1 Å². The summed E-state index contributed by atoms with van der Waals surface area (Å²) in [6, 6.07) is 0. The van der Waals surface area contributed by atoms with E-state index in [1.165, 1.54) is 6.26 Å². The molecule has 5 nitrogen and oxygen atoms in total. The third-order valence-electron chi connectivity index (χ3n) is 3.00. The van der Waals surface area contributed by atoms with Gasteiger partial charge in [-0.1, -0.05) is 0 Å². The molecule has 17 heavy (non-hydrogen) atoms. The second-order valence-electron chi connectivity index (χ2n) is 4.51. The summed E-state index contributed by atoms with van der Waals surface area (Å²) in [5.74, 6) is 0.370. The molecule has 1 aliphatic rings. The third kappa shape index (κ3) is 3.65. The van der Waals surface area contributed by atoms with Gasteiger partial charge < -0.3 is 0 Å². The monoisotopic (exact) mass is 369 g/mol. The molecule has 0 N–H and O–H groups in total. The van der Waals surface area contributed by atoms with E-state index in [2.05, 4.69) is 27.7 Å². The molecule has 0 bridgehead atoms. The molecule has 0 amide bonds. The highest BCUT2D eigenvalue weighted by molar-refractivity contribution is 14.1. The summed E-state index contributed by atoms with van der Waals surface area (Å²) in [6.45, 7) is 2.08. The van der Waals surface area contributed by atoms with Crippen LogP contribution >= 0.6 is 22.6 Å². The molecule has 1 aromatic heterocycles. The molecule has 96 valence electrons. The van der Waals surface area contributed by atoms with Crippen molar-refractivity contribution in [1.29, 1.82) is 0 Å². The number of aromatic nitrogens is 2. The first-order valence-corrected chi connectivity index (χ1v) is 8.51. The smallest absolute Gasteiger partial charge is 0.211 e. The van der Waals surface area contributed by atoms with Crippen LogP contribution in [0.3, 0.4) is 0 Å². The first-order valence-electron chi connectivity index (χ1n) is 5.58. The number of nitrogens with zero attached hydrogens (tertiary/aromatic N) is 3. The minimum absolute atomic E-state index is 0.370.